The Kier molecular flexibility index (Phi) is 3.12. The molecule has 1 aromatic carbocycles. The minimum atomic E-state index is 0.0220. The van der Waals surface area contributed by atoms with Crippen molar-refractivity contribution in [2.45, 2.75) is 31.3 Å². The van der Waals surface area contributed by atoms with E-state index in [-0.39, 0.29) is 11.1 Å². The zero-order valence-corrected chi connectivity index (χ0v) is 14.9. The van der Waals surface area contributed by atoms with E-state index in [9.17, 15) is 0 Å². The monoisotopic (exact) mass is 318 g/mol. The summed E-state index contributed by atoms with van der Waals surface area (Å²) in [6.45, 7) is 13.1. The standard InChI is InChI=1S/C22H26N2/c1-6-20-21(3,23(4)5)16(2)22(20)15-17-11-7-8-12-18(17)19-13-9-10-14-24(19)22/h6-14,16,20H,1,4,15H2,2-3,5H3/q+2. The minimum absolute atomic E-state index is 0.0220. The molecule has 4 atom stereocenters. The smallest absolute Gasteiger partial charge is 0.213 e. The third-order valence-corrected chi connectivity index (χ3v) is 6.93. The van der Waals surface area contributed by atoms with E-state index >= 15 is 0 Å². The van der Waals surface area contributed by atoms with Crippen LogP contribution in [0.25, 0.3) is 11.3 Å². The first kappa shape index (κ1) is 15.3. The van der Waals surface area contributed by atoms with Crippen LogP contribution in [0, 0.1) is 11.8 Å². The summed E-state index contributed by atoms with van der Waals surface area (Å²) in [7, 11) is 2.09. The number of pyridine rings is 1. The van der Waals surface area contributed by atoms with Crippen LogP contribution in [0.1, 0.15) is 19.4 Å². The average molecular weight is 318 g/mol. The molecule has 2 aliphatic rings. The maximum absolute atomic E-state index is 4.24. The van der Waals surface area contributed by atoms with Crippen molar-refractivity contribution in [2.75, 3.05) is 7.05 Å². The van der Waals surface area contributed by atoms with Gasteiger partial charge in [0, 0.05) is 31.0 Å². The molecule has 1 aliphatic carbocycles. The fourth-order valence-corrected chi connectivity index (χ4v) is 5.43. The van der Waals surface area contributed by atoms with Crippen molar-refractivity contribution in [1.82, 2.24) is 0 Å². The molecule has 2 heterocycles. The molecular formula is C22H26N2+2. The number of hydrogen-bond acceptors (Lipinski definition) is 0. The van der Waals surface area contributed by atoms with Gasteiger partial charge in [-0.3, -0.25) is 0 Å². The van der Waals surface area contributed by atoms with Gasteiger partial charge in [0.05, 0.1) is 5.92 Å². The van der Waals surface area contributed by atoms with Crippen LogP contribution < -0.4 is 4.57 Å². The van der Waals surface area contributed by atoms with Gasteiger partial charge in [-0.05, 0) is 24.6 Å². The van der Waals surface area contributed by atoms with Gasteiger partial charge < -0.3 is 0 Å². The lowest BCUT2D eigenvalue weighted by atomic mass is 9.45. The third-order valence-electron chi connectivity index (χ3n) is 6.93. The van der Waals surface area contributed by atoms with Crippen molar-refractivity contribution < 1.29 is 9.14 Å². The molecule has 1 spiro atoms. The highest BCUT2D eigenvalue weighted by Crippen LogP contribution is 2.59. The number of rotatable bonds is 2. The molecule has 2 nitrogen and oxygen atoms in total. The summed E-state index contributed by atoms with van der Waals surface area (Å²) in [5, 5.41) is 0. The van der Waals surface area contributed by atoms with Crippen molar-refractivity contribution in [1.29, 1.82) is 0 Å². The van der Waals surface area contributed by atoms with Crippen molar-refractivity contribution in [2.24, 2.45) is 11.8 Å². The van der Waals surface area contributed by atoms with E-state index in [2.05, 4.69) is 98.1 Å². The molecule has 1 aliphatic heterocycles. The number of aromatic nitrogens is 1. The Morgan fingerprint density at radius 2 is 1.92 bits per heavy atom. The van der Waals surface area contributed by atoms with Gasteiger partial charge in [0.2, 0.25) is 5.69 Å². The van der Waals surface area contributed by atoms with E-state index in [1.54, 1.807) is 0 Å². The lowest BCUT2D eigenvalue weighted by Gasteiger charge is -2.58. The molecule has 1 saturated carbocycles. The Morgan fingerprint density at radius 1 is 1.21 bits per heavy atom. The zero-order chi connectivity index (χ0) is 17.1. The van der Waals surface area contributed by atoms with Crippen LogP contribution in [0.4, 0.5) is 0 Å². The summed E-state index contributed by atoms with van der Waals surface area (Å²) in [5.74, 6) is 0.817. The first-order chi connectivity index (χ1) is 11.5. The number of hydrogen-bond donors (Lipinski definition) is 0. The lowest BCUT2D eigenvalue weighted by molar-refractivity contribution is -0.818. The quantitative estimate of drug-likeness (QED) is 0.455. The molecule has 122 valence electrons. The van der Waals surface area contributed by atoms with Gasteiger partial charge in [-0.15, -0.1) is 6.58 Å². The van der Waals surface area contributed by atoms with Crippen molar-refractivity contribution in [3.8, 4) is 11.3 Å². The normalized spacial score (nSPS) is 33.3. The molecule has 1 aromatic heterocycles. The van der Waals surface area contributed by atoms with Crippen LogP contribution in [0.15, 0.2) is 61.3 Å². The highest BCUT2D eigenvalue weighted by Gasteiger charge is 2.77. The average Bonchev–Trinajstić information content (AvgIpc) is 2.61. The van der Waals surface area contributed by atoms with Crippen LogP contribution in [-0.2, 0) is 12.0 Å². The van der Waals surface area contributed by atoms with E-state index in [1.807, 2.05) is 0 Å². The SMILES string of the molecule is C=CC1C(C)([N+](=C)C)C(C)C12Cc1ccccc1-c1cccc[n+]12. The Morgan fingerprint density at radius 3 is 2.62 bits per heavy atom. The maximum atomic E-state index is 4.24. The van der Waals surface area contributed by atoms with Crippen molar-refractivity contribution in [3.05, 3.63) is 66.9 Å². The van der Waals surface area contributed by atoms with Crippen LogP contribution >= 0.6 is 0 Å². The maximum Gasteiger partial charge on any atom is 0.213 e. The molecule has 24 heavy (non-hydrogen) atoms. The molecule has 4 rings (SSSR count). The van der Waals surface area contributed by atoms with Gasteiger partial charge in [0.1, 0.15) is 19.7 Å². The summed E-state index contributed by atoms with van der Waals surface area (Å²) in [6, 6.07) is 15.4. The van der Waals surface area contributed by atoms with E-state index in [1.165, 1.54) is 16.8 Å². The summed E-state index contributed by atoms with van der Waals surface area (Å²) in [5.41, 5.74) is 4.17. The summed E-state index contributed by atoms with van der Waals surface area (Å²) < 4.78 is 4.65. The predicted octanol–water partition coefficient (Wildman–Crippen LogP) is 3.45. The minimum Gasteiger partial charge on any atom is -0.238 e. The number of nitrogens with zero attached hydrogens (tertiary/aromatic N) is 2. The number of benzene rings is 1. The fourth-order valence-electron chi connectivity index (χ4n) is 5.43. The van der Waals surface area contributed by atoms with E-state index in [0.717, 1.165) is 6.42 Å². The molecule has 2 heteroatoms. The van der Waals surface area contributed by atoms with Gasteiger partial charge >= 0.3 is 0 Å². The first-order valence-electron chi connectivity index (χ1n) is 8.74. The highest BCUT2D eigenvalue weighted by molar-refractivity contribution is 5.63. The topological polar surface area (TPSA) is 6.89 Å². The highest BCUT2D eigenvalue weighted by atomic mass is 15.2. The first-order valence-corrected chi connectivity index (χ1v) is 8.74. The second-order valence-electron chi connectivity index (χ2n) is 7.64. The summed E-state index contributed by atoms with van der Waals surface area (Å²) in [4.78, 5) is 0. The number of fused-ring (bicyclic) bond motifs is 4. The Hall–Kier alpha value is -2.22. The molecular weight excluding hydrogens is 292 g/mol. The molecule has 0 saturated heterocycles. The van der Waals surface area contributed by atoms with Crippen molar-refractivity contribution in [3.63, 3.8) is 0 Å². The zero-order valence-electron chi connectivity index (χ0n) is 14.9. The fraction of sp³-hybridized carbons (Fsp3) is 0.364. The second-order valence-corrected chi connectivity index (χ2v) is 7.64. The van der Waals surface area contributed by atoms with Crippen LogP contribution in [0.3, 0.4) is 0 Å². The van der Waals surface area contributed by atoms with Gasteiger partial charge in [-0.1, -0.05) is 24.3 Å². The van der Waals surface area contributed by atoms with Gasteiger partial charge in [-0.25, -0.2) is 4.58 Å². The largest absolute Gasteiger partial charge is 0.238 e. The predicted molar refractivity (Wildman–Crippen MR) is 98.3 cm³/mol. The van der Waals surface area contributed by atoms with Gasteiger partial charge in [0.15, 0.2) is 17.3 Å². The van der Waals surface area contributed by atoms with E-state index in [4.69, 9.17) is 0 Å². The molecule has 0 bridgehead atoms. The molecule has 0 amide bonds. The van der Waals surface area contributed by atoms with Crippen LogP contribution in [-0.4, -0.2) is 23.9 Å². The third kappa shape index (κ3) is 1.56. The van der Waals surface area contributed by atoms with Crippen LogP contribution in [0.5, 0.6) is 0 Å². The van der Waals surface area contributed by atoms with Gasteiger partial charge in [-0.2, -0.15) is 4.57 Å². The molecule has 0 N–H and O–H groups in total. The van der Waals surface area contributed by atoms with Gasteiger partial charge in [0.25, 0.3) is 0 Å². The summed E-state index contributed by atoms with van der Waals surface area (Å²) >= 11 is 0. The van der Waals surface area contributed by atoms with Crippen LogP contribution in [0.2, 0.25) is 0 Å². The Labute approximate surface area is 144 Å². The Balaban J connectivity index is 1.98. The van der Waals surface area contributed by atoms with Crippen molar-refractivity contribution >= 4 is 6.72 Å². The van der Waals surface area contributed by atoms with E-state index < -0.39 is 0 Å². The molecule has 1 fully saturated rings. The Bertz CT molecular complexity index is 853. The lowest BCUT2D eigenvalue weighted by Crippen LogP contribution is -2.84. The second kappa shape index (κ2) is 4.89. The van der Waals surface area contributed by atoms with E-state index in [0.29, 0.717) is 11.8 Å². The molecule has 0 radical (unpaired) electrons. The molecule has 2 aromatic rings. The molecule has 4 unspecified atom stereocenters. The summed E-state index contributed by atoms with van der Waals surface area (Å²) in [6.07, 6.45) is 5.45.